The van der Waals surface area contributed by atoms with Gasteiger partial charge in [-0.25, -0.2) is 18.1 Å². The fourth-order valence-electron chi connectivity index (χ4n) is 3.52. The molecular weight excluding hydrogens is 350 g/mol. The van der Waals surface area contributed by atoms with Gasteiger partial charge in [-0.05, 0) is 32.6 Å². The number of carbonyl (C=O) groups is 1. The summed E-state index contributed by atoms with van der Waals surface area (Å²) in [6.07, 6.45) is 3.99. The van der Waals surface area contributed by atoms with Crippen molar-refractivity contribution in [2.75, 3.05) is 26.0 Å². The number of sulfonamides is 1. The van der Waals surface area contributed by atoms with E-state index in [9.17, 15) is 13.2 Å². The molecule has 1 spiro atoms. The number of ether oxygens (including phenoxy) is 1. The number of hydrogen-bond acceptors (Lipinski definition) is 6. The van der Waals surface area contributed by atoms with Gasteiger partial charge < -0.3 is 9.64 Å². The van der Waals surface area contributed by atoms with Gasteiger partial charge in [-0.3, -0.25) is 4.79 Å². The molecule has 3 heterocycles. The summed E-state index contributed by atoms with van der Waals surface area (Å²) in [5.74, 6) is -0.0316. The molecule has 1 unspecified atom stereocenters. The van der Waals surface area contributed by atoms with Crippen LogP contribution in [0.2, 0.25) is 0 Å². The van der Waals surface area contributed by atoms with Gasteiger partial charge in [0.2, 0.25) is 10.0 Å². The molecule has 1 atom stereocenters. The Bertz CT molecular complexity index is 708. The molecule has 1 N–H and O–H groups in total. The van der Waals surface area contributed by atoms with Crippen molar-refractivity contribution in [2.45, 2.75) is 44.2 Å². The maximum absolute atomic E-state index is 12.5. The van der Waals surface area contributed by atoms with E-state index in [1.807, 2.05) is 11.8 Å². The van der Waals surface area contributed by atoms with E-state index in [1.165, 1.54) is 17.6 Å². The van der Waals surface area contributed by atoms with E-state index in [2.05, 4.69) is 9.71 Å². The number of piperidine rings is 1. The molecule has 0 bridgehead atoms. The number of thiazole rings is 1. The van der Waals surface area contributed by atoms with Crippen molar-refractivity contribution in [1.82, 2.24) is 14.6 Å². The highest BCUT2D eigenvalue weighted by Crippen LogP contribution is 2.35. The average molecular weight is 374 g/mol. The minimum Gasteiger partial charge on any atom is -0.375 e. The van der Waals surface area contributed by atoms with Crippen LogP contribution in [0.5, 0.6) is 0 Å². The summed E-state index contributed by atoms with van der Waals surface area (Å²) in [5, 5.41) is 2.68. The molecule has 1 aromatic rings. The van der Waals surface area contributed by atoms with Gasteiger partial charge in [-0.1, -0.05) is 0 Å². The first-order chi connectivity index (χ1) is 11.3. The molecule has 1 amide bonds. The third-order valence-corrected chi connectivity index (χ3v) is 6.21. The monoisotopic (exact) mass is 373 g/mol. The predicted molar refractivity (Wildman–Crippen MR) is 91.7 cm³/mol. The van der Waals surface area contributed by atoms with E-state index < -0.39 is 10.0 Å². The standard InChI is InChI=1S/C15H23N3O4S2/c1-11-16-13(10-23-11)14(19)18-6-4-15(5-7-18)9-12(3-8-22-15)17-24(2,20)21/h10,12,17H,3-9H2,1-2H3. The second kappa shape index (κ2) is 6.70. The van der Waals surface area contributed by atoms with Crippen LogP contribution in [0.3, 0.4) is 0 Å². The number of nitrogens with one attached hydrogen (secondary N) is 1. The van der Waals surface area contributed by atoms with Crippen LogP contribution in [0.15, 0.2) is 5.38 Å². The Morgan fingerprint density at radius 3 is 2.75 bits per heavy atom. The number of nitrogens with zero attached hydrogens (tertiary/aromatic N) is 2. The summed E-state index contributed by atoms with van der Waals surface area (Å²) in [6.45, 7) is 3.66. The zero-order valence-electron chi connectivity index (χ0n) is 13.9. The average Bonchev–Trinajstić information content (AvgIpc) is 2.92. The minimum atomic E-state index is -3.21. The van der Waals surface area contributed by atoms with Crippen LogP contribution >= 0.6 is 11.3 Å². The molecule has 0 aromatic carbocycles. The van der Waals surface area contributed by atoms with Crippen LogP contribution in [0.1, 0.15) is 41.2 Å². The molecule has 1 aromatic heterocycles. The number of aromatic nitrogens is 1. The van der Waals surface area contributed by atoms with E-state index in [4.69, 9.17) is 4.74 Å². The van der Waals surface area contributed by atoms with Crippen LogP contribution in [-0.2, 0) is 14.8 Å². The third-order valence-electron chi connectivity index (χ3n) is 4.67. The molecule has 0 aliphatic carbocycles. The summed E-state index contributed by atoms with van der Waals surface area (Å²) < 4.78 is 31.6. The van der Waals surface area contributed by atoms with Gasteiger partial charge in [0.25, 0.3) is 5.91 Å². The minimum absolute atomic E-state index is 0.0316. The zero-order chi connectivity index (χ0) is 17.4. The Hall–Kier alpha value is -1.03. The lowest BCUT2D eigenvalue weighted by Gasteiger charge is -2.46. The van der Waals surface area contributed by atoms with Crippen LogP contribution in [0, 0.1) is 6.92 Å². The van der Waals surface area contributed by atoms with Crippen molar-refractivity contribution in [3.8, 4) is 0 Å². The molecule has 0 saturated carbocycles. The zero-order valence-corrected chi connectivity index (χ0v) is 15.6. The van der Waals surface area contributed by atoms with Crippen molar-refractivity contribution in [2.24, 2.45) is 0 Å². The Labute approximate surface area is 146 Å². The van der Waals surface area contributed by atoms with Crippen LogP contribution in [-0.4, -0.2) is 61.8 Å². The SMILES string of the molecule is Cc1nc(C(=O)N2CCC3(CC2)CC(NS(C)(=O)=O)CCO3)cs1. The number of aryl methyl sites for hydroxylation is 1. The number of hydrogen-bond donors (Lipinski definition) is 1. The van der Waals surface area contributed by atoms with E-state index in [0.29, 0.717) is 38.2 Å². The highest BCUT2D eigenvalue weighted by Gasteiger charge is 2.42. The molecule has 2 fully saturated rings. The van der Waals surface area contributed by atoms with Gasteiger partial charge >= 0.3 is 0 Å². The Balaban J connectivity index is 1.60. The molecule has 0 radical (unpaired) electrons. The summed E-state index contributed by atoms with van der Waals surface area (Å²) in [5.41, 5.74) is 0.185. The van der Waals surface area contributed by atoms with Gasteiger partial charge in [-0.15, -0.1) is 11.3 Å². The highest BCUT2D eigenvalue weighted by molar-refractivity contribution is 7.88. The van der Waals surface area contributed by atoms with E-state index in [0.717, 1.165) is 17.8 Å². The van der Waals surface area contributed by atoms with Crippen LogP contribution in [0.4, 0.5) is 0 Å². The van der Waals surface area contributed by atoms with Gasteiger partial charge in [0.15, 0.2) is 0 Å². The highest BCUT2D eigenvalue weighted by atomic mass is 32.2. The maximum Gasteiger partial charge on any atom is 0.273 e. The number of carbonyl (C=O) groups excluding carboxylic acids is 1. The molecular formula is C15H23N3O4S2. The largest absolute Gasteiger partial charge is 0.375 e. The smallest absolute Gasteiger partial charge is 0.273 e. The lowest BCUT2D eigenvalue weighted by molar-refractivity contribution is -0.113. The van der Waals surface area contributed by atoms with Crippen molar-refractivity contribution >= 4 is 27.3 Å². The van der Waals surface area contributed by atoms with Crippen molar-refractivity contribution in [3.05, 3.63) is 16.1 Å². The first kappa shape index (κ1) is 17.8. The number of amides is 1. The Morgan fingerprint density at radius 2 is 2.17 bits per heavy atom. The van der Waals surface area contributed by atoms with E-state index in [-0.39, 0.29) is 17.6 Å². The van der Waals surface area contributed by atoms with E-state index >= 15 is 0 Å². The van der Waals surface area contributed by atoms with Gasteiger partial charge in [-0.2, -0.15) is 0 Å². The number of rotatable bonds is 3. The third kappa shape index (κ3) is 4.14. The summed E-state index contributed by atoms with van der Waals surface area (Å²) in [6, 6.07) is -0.0859. The topological polar surface area (TPSA) is 88.6 Å². The second-order valence-electron chi connectivity index (χ2n) is 6.66. The lowest BCUT2D eigenvalue weighted by atomic mass is 9.82. The van der Waals surface area contributed by atoms with Crippen molar-refractivity contribution in [3.63, 3.8) is 0 Å². The lowest BCUT2D eigenvalue weighted by Crippen LogP contribution is -2.54. The molecule has 2 aliphatic rings. The van der Waals surface area contributed by atoms with Gasteiger partial charge in [0, 0.05) is 31.1 Å². The second-order valence-corrected chi connectivity index (χ2v) is 9.50. The van der Waals surface area contributed by atoms with Crippen LogP contribution in [0.25, 0.3) is 0 Å². The van der Waals surface area contributed by atoms with Crippen molar-refractivity contribution < 1.29 is 17.9 Å². The Kier molecular flexibility index (Phi) is 4.96. The van der Waals surface area contributed by atoms with Crippen LogP contribution < -0.4 is 4.72 Å². The first-order valence-corrected chi connectivity index (χ1v) is 10.9. The Morgan fingerprint density at radius 1 is 1.46 bits per heavy atom. The molecule has 2 aliphatic heterocycles. The summed E-state index contributed by atoms with van der Waals surface area (Å²) in [4.78, 5) is 18.6. The molecule has 3 rings (SSSR count). The molecule has 2 saturated heterocycles. The van der Waals surface area contributed by atoms with E-state index in [1.54, 1.807) is 5.38 Å². The predicted octanol–water partition coefficient (Wildman–Crippen LogP) is 1.15. The summed E-state index contributed by atoms with van der Waals surface area (Å²) >= 11 is 1.48. The van der Waals surface area contributed by atoms with Gasteiger partial charge in [0.1, 0.15) is 5.69 Å². The summed E-state index contributed by atoms with van der Waals surface area (Å²) in [7, 11) is -3.21. The fourth-order valence-corrected chi connectivity index (χ4v) is 4.91. The molecule has 134 valence electrons. The van der Waals surface area contributed by atoms with Crippen molar-refractivity contribution in [1.29, 1.82) is 0 Å². The quantitative estimate of drug-likeness (QED) is 0.859. The molecule has 9 heteroatoms. The number of likely N-dealkylation sites (tertiary alicyclic amines) is 1. The molecule has 24 heavy (non-hydrogen) atoms. The molecule has 7 nitrogen and oxygen atoms in total. The maximum atomic E-state index is 12.5. The fraction of sp³-hybridized carbons (Fsp3) is 0.733. The van der Waals surface area contributed by atoms with Gasteiger partial charge in [0.05, 0.1) is 16.9 Å². The first-order valence-electron chi connectivity index (χ1n) is 8.09. The normalized spacial score (nSPS) is 24.2.